The number of carbonyl (C=O) groups is 1. The maximum Gasteiger partial charge on any atom is 0.265 e. The fourth-order valence-corrected chi connectivity index (χ4v) is 5.22. The summed E-state index contributed by atoms with van der Waals surface area (Å²) >= 11 is 0. The Bertz CT molecular complexity index is 1250. The Morgan fingerprint density at radius 2 is 1.94 bits per heavy atom. The molecule has 9 nitrogen and oxygen atoms in total. The third kappa shape index (κ3) is 5.41. The van der Waals surface area contributed by atoms with Gasteiger partial charge in [-0.3, -0.25) is 28.2 Å². The molecule has 0 saturated carbocycles. The molecule has 3 N–H and O–H groups in total. The van der Waals surface area contributed by atoms with Crippen molar-refractivity contribution in [2.45, 2.75) is 13.8 Å². The molecule has 1 fully saturated rings. The van der Waals surface area contributed by atoms with Crippen molar-refractivity contribution < 1.29 is 18.6 Å². The molecule has 2 aromatic carbocycles. The van der Waals surface area contributed by atoms with Crippen LogP contribution in [0.4, 0.5) is 0 Å². The zero-order valence-electron chi connectivity index (χ0n) is 19.4. The normalized spacial score (nSPS) is 16.8. The molecule has 4 rings (SSSR count). The number of aromatic nitrogens is 2. The molecule has 0 aliphatic carbocycles. The highest BCUT2D eigenvalue weighted by Crippen LogP contribution is 2.40. The molecule has 3 aromatic rings. The van der Waals surface area contributed by atoms with Crippen LogP contribution in [0, 0.1) is 6.92 Å². The quantitative estimate of drug-likeness (QED) is 0.470. The second-order valence-electron chi connectivity index (χ2n) is 8.36. The van der Waals surface area contributed by atoms with Crippen LogP contribution in [0.25, 0.3) is 16.6 Å². The summed E-state index contributed by atoms with van der Waals surface area (Å²) in [6.07, 6.45) is 1.48. The fraction of sp³-hybridized carbons (Fsp3) is 0.375. The van der Waals surface area contributed by atoms with E-state index in [2.05, 4.69) is 15.2 Å². The SMILES string of the molecule is CCNC(=O)c1ccc(C)c(-n2cnc3ccc(OCCN4CCS(O)(O)CC4)cc3c2=O)c1. The van der Waals surface area contributed by atoms with Gasteiger partial charge in [0.25, 0.3) is 11.5 Å². The number of aryl methyl sites for hydroxylation is 1. The molecule has 182 valence electrons. The van der Waals surface area contributed by atoms with Crippen LogP contribution in [-0.4, -0.2) is 73.8 Å². The summed E-state index contributed by atoms with van der Waals surface area (Å²) in [4.78, 5) is 32.2. The largest absolute Gasteiger partial charge is 0.492 e. The van der Waals surface area contributed by atoms with Gasteiger partial charge in [-0.2, -0.15) is 10.6 Å². The molecular weight excluding hydrogens is 456 g/mol. The lowest BCUT2D eigenvalue weighted by Gasteiger charge is -2.40. The molecular formula is C24H30N4O5S. The van der Waals surface area contributed by atoms with Crippen LogP contribution >= 0.6 is 10.6 Å². The van der Waals surface area contributed by atoms with E-state index in [9.17, 15) is 18.7 Å². The number of nitrogens with zero attached hydrogens (tertiary/aromatic N) is 3. The lowest BCUT2D eigenvalue weighted by atomic mass is 10.1. The van der Waals surface area contributed by atoms with Crippen LogP contribution in [0.2, 0.25) is 0 Å². The van der Waals surface area contributed by atoms with Gasteiger partial charge in [0.05, 0.1) is 28.1 Å². The number of hydrogen-bond acceptors (Lipinski definition) is 7. The first kappa shape index (κ1) is 24.2. The fourth-order valence-electron chi connectivity index (χ4n) is 3.92. The lowest BCUT2D eigenvalue weighted by Crippen LogP contribution is -2.40. The first-order valence-corrected chi connectivity index (χ1v) is 13.2. The monoisotopic (exact) mass is 486 g/mol. The van der Waals surface area contributed by atoms with E-state index in [1.54, 1.807) is 30.3 Å². The second kappa shape index (κ2) is 10.1. The third-order valence-corrected chi connectivity index (χ3v) is 7.62. The van der Waals surface area contributed by atoms with Gasteiger partial charge >= 0.3 is 0 Å². The smallest absolute Gasteiger partial charge is 0.265 e. The molecule has 2 heterocycles. The second-order valence-corrected chi connectivity index (χ2v) is 10.8. The van der Waals surface area contributed by atoms with E-state index in [4.69, 9.17) is 4.74 Å². The Morgan fingerprint density at radius 1 is 1.18 bits per heavy atom. The molecule has 0 unspecified atom stereocenters. The number of rotatable bonds is 7. The predicted molar refractivity (Wildman–Crippen MR) is 135 cm³/mol. The van der Waals surface area contributed by atoms with Gasteiger partial charge < -0.3 is 10.1 Å². The average Bonchev–Trinajstić information content (AvgIpc) is 2.81. The Kier molecular flexibility index (Phi) is 7.22. The molecule has 10 heteroatoms. The minimum Gasteiger partial charge on any atom is -0.492 e. The highest BCUT2D eigenvalue weighted by molar-refractivity contribution is 8.24. The van der Waals surface area contributed by atoms with Gasteiger partial charge in [0.15, 0.2) is 0 Å². The molecule has 0 radical (unpaired) electrons. The van der Waals surface area contributed by atoms with Gasteiger partial charge in [0.2, 0.25) is 0 Å². The molecule has 0 bridgehead atoms. The number of carbonyl (C=O) groups excluding carboxylic acids is 1. The van der Waals surface area contributed by atoms with Crippen LogP contribution in [0.5, 0.6) is 5.75 Å². The summed E-state index contributed by atoms with van der Waals surface area (Å²) in [5.41, 5.74) is 2.25. The molecule has 34 heavy (non-hydrogen) atoms. The topological polar surface area (TPSA) is 117 Å². The Balaban J connectivity index is 1.54. The summed E-state index contributed by atoms with van der Waals surface area (Å²) in [7, 11) is -2.41. The Labute approximate surface area is 199 Å². The average molecular weight is 487 g/mol. The molecule has 1 aliphatic rings. The van der Waals surface area contributed by atoms with Crippen molar-refractivity contribution in [1.29, 1.82) is 0 Å². The maximum absolute atomic E-state index is 13.3. The third-order valence-electron chi connectivity index (χ3n) is 5.94. The first-order chi connectivity index (χ1) is 16.3. The molecule has 0 spiro atoms. The van der Waals surface area contributed by atoms with E-state index >= 15 is 0 Å². The van der Waals surface area contributed by atoms with E-state index in [1.165, 1.54) is 10.9 Å². The zero-order chi connectivity index (χ0) is 24.3. The van der Waals surface area contributed by atoms with Crippen LogP contribution in [-0.2, 0) is 0 Å². The standard InChI is InChI=1S/C24H30N4O5S/c1-3-25-23(29)18-5-4-17(2)22(14-18)28-16-26-21-7-6-19(15-20(21)24(28)30)33-11-8-27-9-12-34(31,32)13-10-27/h4-7,14-16,31-32H,3,8-13H2,1-2H3,(H,25,29). The Morgan fingerprint density at radius 3 is 2.68 bits per heavy atom. The number of nitrogens with one attached hydrogen (secondary N) is 1. The zero-order valence-corrected chi connectivity index (χ0v) is 20.2. The number of ether oxygens (including phenoxy) is 1. The predicted octanol–water partition coefficient (Wildman–Crippen LogP) is 2.89. The van der Waals surface area contributed by atoms with Crippen LogP contribution in [0.3, 0.4) is 0 Å². The van der Waals surface area contributed by atoms with E-state index in [-0.39, 0.29) is 11.5 Å². The molecule has 1 aliphatic heterocycles. The van der Waals surface area contributed by atoms with Gasteiger partial charge in [0.1, 0.15) is 18.7 Å². The van der Waals surface area contributed by atoms with Crippen LogP contribution in [0.15, 0.2) is 47.5 Å². The lowest BCUT2D eigenvalue weighted by molar-refractivity contribution is 0.0955. The number of amides is 1. The molecule has 1 aromatic heterocycles. The summed E-state index contributed by atoms with van der Waals surface area (Å²) in [5, 5.41) is 3.20. The van der Waals surface area contributed by atoms with Gasteiger partial charge in [-0.15, -0.1) is 0 Å². The van der Waals surface area contributed by atoms with E-state index in [0.29, 0.717) is 72.2 Å². The van der Waals surface area contributed by atoms with Crippen molar-refractivity contribution >= 4 is 27.4 Å². The van der Waals surface area contributed by atoms with Crippen LogP contribution < -0.4 is 15.6 Å². The van der Waals surface area contributed by atoms with Crippen LogP contribution in [0.1, 0.15) is 22.8 Å². The highest BCUT2D eigenvalue weighted by atomic mass is 32.3. The van der Waals surface area contributed by atoms with Crippen molar-refractivity contribution in [2.75, 3.05) is 44.3 Å². The van der Waals surface area contributed by atoms with Gasteiger partial charge in [-0.1, -0.05) is 6.07 Å². The number of fused-ring (bicyclic) bond motifs is 1. The van der Waals surface area contributed by atoms with E-state index in [0.717, 1.165) is 5.56 Å². The van der Waals surface area contributed by atoms with Crippen molar-refractivity contribution in [3.8, 4) is 11.4 Å². The van der Waals surface area contributed by atoms with Gasteiger partial charge in [-0.25, -0.2) is 4.98 Å². The molecule has 0 atom stereocenters. The first-order valence-electron chi connectivity index (χ1n) is 11.3. The Hall–Kier alpha value is -2.92. The van der Waals surface area contributed by atoms with Crippen molar-refractivity contribution in [3.63, 3.8) is 0 Å². The summed E-state index contributed by atoms with van der Waals surface area (Å²) < 4.78 is 26.8. The summed E-state index contributed by atoms with van der Waals surface area (Å²) in [5.74, 6) is 1.17. The van der Waals surface area contributed by atoms with Crippen molar-refractivity contribution in [3.05, 3.63) is 64.2 Å². The summed E-state index contributed by atoms with van der Waals surface area (Å²) in [6, 6.07) is 10.5. The number of benzene rings is 2. The molecule has 1 amide bonds. The minimum absolute atomic E-state index is 0.194. The van der Waals surface area contributed by atoms with Crippen molar-refractivity contribution in [1.82, 2.24) is 19.8 Å². The summed E-state index contributed by atoms with van der Waals surface area (Å²) in [6.45, 7) is 6.60. The maximum atomic E-state index is 13.3. The van der Waals surface area contributed by atoms with Gasteiger partial charge in [-0.05, 0) is 49.7 Å². The van der Waals surface area contributed by atoms with Crippen molar-refractivity contribution in [2.24, 2.45) is 0 Å². The highest BCUT2D eigenvalue weighted by Gasteiger charge is 2.21. The van der Waals surface area contributed by atoms with Gasteiger partial charge in [0, 0.05) is 31.7 Å². The number of hydrogen-bond donors (Lipinski definition) is 3. The molecule has 1 saturated heterocycles. The van der Waals surface area contributed by atoms with E-state index in [1.807, 2.05) is 19.9 Å². The van der Waals surface area contributed by atoms with E-state index < -0.39 is 10.6 Å². The minimum atomic E-state index is -2.41.